The molecule has 2 N–H and O–H groups in total. The summed E-state index contributed by atoms with van der Waals surface area (Å²) >= 11 is 5.87. The first kappa shape index (κ1) is 17.8. The molecule has 2 amide bonds. The zero-order chi connectivity index (χ0) is 17.4. The van der Waals surface area contributed by atoms with Gasteiger partial charge in [0.15, 0.2) is 0 Å². The fourth-order valence-corrected chi connectivity index (χ4v) is 2.05. The molecule has 0 heterocycles. The van der Waals surface area contributed by atoms with Gasteiger partial charge in [-0.1, -0.05) is 43.6 Å². The number of urea groups is 1. The molecular formula is C18H20ClN3O2. The lowest BCUT2D eigenvalue weighted by atomic mass is 10.2. The van der Waals surface area contributed by atoms with E-state index >= 15 is 0 Å². The number of ether oxygens (including phenoxy) is 1. The van der Waals surface area contributed by atoms with Crippen molar-refractivity contribution in [3.63, 3.8) is 0 Å². The summed E-state index contributed by atoms with van der Waals surface area (Å²) in [4.78, 5) is 11.8. The normalized spacial score (nSPS) is 10.8. The largest absolute Gasteiger partial charge is 0.493 e. The third-order valence-corrected chi connectivity index (χ3v) is 3.18. The monoisotopic (exact) mass is 345 g/mol. The molecule has 0 atom stereocenters. The van der Waals surface area contributed by atoms with Crippen LogP contribution >= 0.6 is 11.6 Å². The van der Waals surface area contributed by atoms with E-state index in [1.54, 1.807) is 30.5 Å². The second-order valence-electron chi connectivity index (χ2n) is 5.58. The minimum Gasteiger partial charge on any atom is -0.493 e. The zero-order valence-corrected chi connectivity index (χ0v) is 14.4. The molecular weight excluding hydrogens is 326 g/mol. The first-order chi connectivity index (χ1) is 11.5. The van der Waals surface area contributed by atoms with E-state index in [9.17, 15) is 4.79 Å². The van der Waals surface area contributed by atoms with Crippen molar-refractivity contribution in [2.75, 3.05) is 11.9 Å². The van der Waals surface area contributed by atoms with Crippen molar-refractivity contribution in [3.8, 4) is 5.75 Å². The van der Waals surface area contributed by atoms with Crippen LogP contribution < -0.4 is 15.5 Å². The van der Waals surface area contributed by atoms with Gasteiger partial charge in [-0.2, -0.15) is 5.10 Å². The van der Waals surface area contributed by atoms with Gasteiger partial charge in [0, 0.05) is 16.3 Å². The van der Waals surface area contributed by atoms with Crippen LogP contribution in [-0.2, 0) is 0 Å². The van der Waals surface area contributed by atoms with E-state index < -0.39 is 6.03 Å². The summed E-state index contributed by atoms with van der Waals surface area (Å²) in [6.45, 7) is 4.78. The maximum Gasteiger partial charge on any atom is 0.339 e. The van der Waals surface area contributed by atoms with Gasteiger partial charge < -0.3 is 10.1 Å². The summed E-state index contributed by atoms with van der Waals surface area (Å²) in [5, 5.41) is 7.14. The Balaban J connectivity index is 1.92. The van der Waals surface area contributed by atoms with Gasteiger partial charge >= 0.3 is 6.03 Å². The van der Waals surface area contributed by atoms with Crippen LogP contribution in [-0.4, -0.2) is 18.9 Å². The minimum atomic E-state index is -0.450. The average Bonchev–Trinajstić information content (AvgIpc) is 2.54. The molecule has 2 aromatic carbocycles. The molecule has 0 fully saturated rings. The molecule has 2 aromatic rings. The van der Waals surface area contributed by atoms with Gasteiger partial charge in [-0.25, -0.2) is 10.2 Å². The molecule has 0 aromatic heterocycles. The fourth-order valence-electron chi connectivity index (χ4n) is 1.86. The number of hydrazone groups is 1. The number of nitrogens with one attached hydrogen (secondary N) is 2. The number of hydrogen-bond donors (Lipinski definition) is 2. The molecule has 0 saturated carbocycles. The van der Waals surface area contributed by atoms with Crippen molar-refractivity contribution in [2.24, 2.45) is 11.0 Å². The second-order valence-corrected chi connectivity index (χ2v) is 6.01. The molecule has 0 spiro atoms. The second kappa shape index (κ2) is 8.93. The first-order valence-electron chi connectivity index (χ1n) is 7.62. The van der Waals surface area contributed by atoms with Crippen molar-refractivity contribution in [1.82, 2.24) is 5.43 Å². The van der Waals surface area contributed by atoms with Crippen molar-refractivity contribution in [3.05, 3.63) is 59.1 Å². The van der Waals surface area contributed by atoms with Gasteiger partial charge in [0.05, 0.1) is 12.8 Å². The lowest BCUT2D eigenvalue weighted by Crippen LogP contribution is -2.24. The third-order valence-electron chi connectivity index (χ3n) is 2.94. The van der Waals surface area contributed by atoms with Gasteiger partial charge in [0.2, 0.25) is 0 Å². The predicted octanol–water partition coefficient (Wildman–Crippen LogP) is 4.53. The van der Waals surface area contributed by atoms with Crippen molar-refractivity contribution >= 4 is 29.5 Å². The zero-order valence-electron chi connectivity index (χ0n) is 13.6. The lowest BCUT2D eigenvalue weighted by Gasteiger charge is -2.10. The molecule has 0 bridgehead atoms. The Morgan fingerprint density at radius 2 is 2.04 bits per heavy atom. The number of nitrogens with zero attached hydrogens (tertiary/aromatic N) is 1. The van der Waals surface area contributed by atoms with E-state index in [2.05, 4.69) is 29.7 Å². The molecule has 0 radical (unpaired) electrons. The molecule has 0 aliphatic carbocycles. The molecule has 126 valence electrons. The molecule has 5 nitrogen and oxygen atoms in total. The number of carbonyl (C=O) groups is 1. The van der Waals surface area contributed by atoms with E-state index in [0.717, 1.165) is 11.3 Å². The summed E-state index contributed by atoms with van der Waals surface area (Å²) < 4.78 is 5.73. The van der Waals surface area contributed by atoms with Crippen molar-refractivity contribution in [1.29, 1.82) is 0 Å². The summed E-state index contributed by atoms with van der Waals surface area (Å²) in [6.07, 6.45) is 1.55. The Labute approximate surface area is 146 Å². The summed E-state index contributed by atoms with van der Waals surface area (Å²) in [7, 11) is 0. The Bertz CT molecular complexity index is 717. The van der Waals surface area contributed by atoms with Gasteiger partial charge in [-0.15, -0.1) is 0 Å². The number of anilines is 1. The Morgan fingerprint density at radius 1 is 1.25 bits per heavy atom. The van der Waals surface area contributed by atoms with Gasteiger partial charge in [0.1, 0.15) is 5.75 Å². The standard InChI is InChI=1S/C18H20ClN3O2/c1-13(2)12-24-17-9-4-3-6-14(17)11-20-22-18(23)21-16-8-5-7-15(19)10-16/h3-11,13H,12H2,1-2H3,(H2,21,22,23)/b20-11-. The number of hydrogen-bond acceptors (Lipinski definition) is 3. The van der Waals surface area contributed by atoms with Crippen LogP contribution in [0.3, 0.4) is 0 Å². The van der Waals surface area contributed by atoms with Crippen LogP contribution in [0.2, 0.25) is 5.02 Å². The highest BCUT2D eigenvalue weighted by molar-refractivity contribution is 6.30. The summed E-state index contributed by atoms with van der Waals surface area (Å²) in [5.41, 5.74) is 3.80. The predicted molar refractivity (Wildman–Crippen MR) is 98.0 cm³/mol. The number of rotatable bonds is 6. The van der Waals surface area contributed by atoms with E-state index in [-0.39, 0.29) is 0 Å². The van der Waals surface area contributed by atoms with Gasteiger partial charge in [0.25, 0.3) is 0 Å². The SMILES string of the molecule is CC(C)COc1ccccc1/C=N\NC(=O)Nc1cccc(Cl)c1. The molecule has 0 saturated heterocycles. The summed E-state index contributed by atoms with van der Waals surface area (Å²) in [6, 6.07) is 14.0. The molecule has 0 unspecified atom stereocenters. The fraction of sp³-hybridized carbons (Fsp3) is 0.222. The van der Waals surface area contributed by atoms with E-state index in [4.69, 9.17) is 16.3 Å². The van der Waals surface area contributed by atoms with Crippen LogP contribution in [0.5, 0.6) is 5.75 Å². The minimum absolute atomic E-state index is 0.427. The number of carbonyl (C=O) groups excluding carboxylic acids is 1. The molecule has 2 rings (SSSR count). The van der Waals surface area contributed by atoms with Crippen LogP contribution in [0.25, 0.3) is 0 Å². The van der Waals surface area contributed by atoms with E-state index in [0.29, 0.717) is 23.2 Å². The highest BCUT2D eigenvalue weighted by atomic mass is 35.5. The molecule has 6 heteroatoms. The maximum atomic E-state index is 11.8. The van der Waals surface area contributed by atoms with Crippen LogP contribution in [0.15, 0.2) is 53.6 Å². The average molecular weight is 346 g/mol. The van der Waals surface area contributed by atoms with E-state index in [1.165, 1.54) is 0 Å². The van der Waals surface area contributed by atoms with Crippen LogP contribution in [0, 0.1) is 5.92 Å². The molecule has 24 heavy (non-hydrogen) atoms. The third kappa shape index (κ3) is 5.93. The Kier molecular flexibility index (Phi) is 6.63. The Hall–Kier alpha value is -2.53. The smallest absolute Gasteiger partial charge is 0.339 e. The maximum absolute atomic E-state index is 11.8. The number of amides is 2. The van der Waals surface area contributed by atoms with E-state index in [1.807, 2.05) is 24.3 Å². The molecule has 0 aliphatic heterocycles. The number of para-hydroxylation sites is 1. The van der Waals surface area contributed by atoms with Gasteiger partial charge in [-0.05, 0) is 36.2 Å². The highest BCUT2D eigenvalue weighted by Crippen LogP contribution is 2.17. The van der Waals surface area contributed by atoms with Crippen LogP contribution in [0.4, 0.5) is 10.5 Å². The lowest BCUT2D eigenvalue weighted by molar-refractivity contribution is 0.252. The quantitative estimate of drug-likeness (QED) is 0.596. The first-order valence-corrected chi connectivity index (χ1v) is 8.00. The van der Waals surface area contributed by atoms with Crippen LogP contribution in [0.1, 0.15) is 19.4 Å². The topological polar surface area (TPSA) is 62.7 Å². The van der Waals surface area contributed by atoms with Gasteiger partial charge in [-0.3, -0.25) is 0 Å². The number of benzene rings is 2. The summed E-state index contributed by atoms with van der Waals surface area (Å²) in [5.74, 6) is 1.16. The Morgan fingerprint density at radius 3 is 2.79 bits per heavy atom. The highest BCUT2D eigenvalue weighted by Gasteiger charge is 2.03. The van der Waals surface area contributed by atoms with Crippen molar-refractivity contribution in [2.45, 2.75) is 13.8 Å². The number of halogens is 1. The molecule has 0 aliphatic rings. The van der Waals surface area contributed by atoms with Crippen molar-refractivity contribution < 1.29 is 9.53 Å².